The van der Waals surface area contributed by atoms with Crippen molar-refractivity contribution in [1.82, 2.24) is 20.0 Å². The molecule has 5 rings (SSSR count). The van der Waals surface area contributed by atoms with Crippen LogP contribution in [-0.2, 0) is 11.3 Å². The minimum Gasteiger partial charge on any atom is -0.497 e. The molecule has 0 spiro atoms. The van der Waals surface area contributed by atoms with Crippen molar-refractivity contribution in [3.8, 4) is 11.5 Å². The number of nitrogens with zero attached hydrogens (tertiary/aromatic N) is 3. The third kappa shape index (κ3) is 6.97. The molecule has 0 aromatic heterocycles. The number of hydrogen-bond donors (Lipinski definition) is 1. The summed E-state index contributed by atoms with van der Waals surface area (Å²) in [6.45, 7) is 3.02. The first kappa shape index (κ1) is 30.0. The molecule has 2 aliphatic heterocycles. The molecule has 2 heterocycles. The number of likely N-dealkylation sites (tertiary alicyclic amines) is 1. The Morgan fingerprint density at radius 3 is 2.35 bits per heavy atom. The highest BCUT2D eigenvalue weighted by Crippen LogP contribution is 2.29. The summed E-state index contributed by atoms with van der Waals surface area (Å²) < 4.78 is 24.4. The predicted octanol–water partition coefficient (Wildman–Crippen LogP) is 3.59. The number of hydrogen-bond acceptors (Lipinski definition) is 6. The van der Waals surface area contributed by atoms with E-state index in [2.05, 4.69) is 5.32 Å². The predicted molar refractivity (Wildman–Crippen MR) is 160 cm³/mol. The van der Waals surface area contributed by atoms with Gasteiger partial charge < -0.3 is 29.5 Å². The van der Waals surface area contributed by atoms with E-state index in [1.807, 2.05) is 24.3 Å². The Bertz CT molecular complexity index is 1420. The summed E-state index contributed by atoms with van der Waals surface area (Å²) in [6.07, 6.45) is 1.09. The second kappa shape index (κ2) is 13.7. The Balaban J connectivity index is 1.49. The summed E-state index contributed by atoms with van der Waals surface area (Å²) in [7, 11) is 3.15. The molecule has 10 heteroatoms. The molecular weight excluding hydrogens is 551 g/mol. The topological polar surface area (TPSA) is 91.4 Å². The molecule has 2 saturated heterocycles. The third-order valence-electron chi connectivity index (χ3n) is 8.09. The summed E-state index contributed by atoms with van der Waals surface area (Å²) in [6, 6.07) is 18.5. The van der Waals surface area contributed by atoms with Crippen LogP contribution in [0.15, 0.2) is 72.8 Å². The minimum atomic E-state index is -0.767. The molecule has 1 N–H and O–H groups in total. The van der Waals surface area contributed by atoms with Crippen LogP contribution in [0.1, 0.15) is 39.1 Å². The van der Waals surface area contributed by atoms with Gasteiger partial charge in [0.15, 0.2) is 0 Å². The largest absolute Gasteiger partial charge is 0.497 e. The summed E-state index contributed by atoms with van der Waals surface area (Å²) in [5, 5.41) is 3.31. The fraction of sp³-hybridized carbons (Fsp3) is 0.364. The number of carbonyl (C=O) groups excluding carboxylic acids is 3. The van der Waals surface area contributed by atoms with E-state index in [9.17, 15) is 18.8 Å². The lowest BCUT2D eigenvalue weighted by atomic mass is 10.1. The van der Waals surface area contributed by atoms with E-state index in [4.69, 9.17) is 9.47 Å². The molecular formula is C33H37FN4O5. The van der Waals surface area contributed by atoms with Crippen LogP contribution >= 0.6 is 0 Å². The van der Waals surface area contributed by atoms with Gasteiger partial charge in [-0.3, -0.25) is 14.4 Å². The second-order valence-electron chi connectivity index (χ2n) is 10.8. The van der Waals surface area contributed by atoms with Gasteiger partial charge in [0.1, 0.15) is 23.4 Å². The van der Waals surface area contributed by atoms with E-state index in [0.717, 1.165) is 18.5 Å². The average molecular weight is 589 g/mol. The molecule has 2 aliphatic rings. The SMILES string of the molecule is COc1ccc(C(=O)N(Cc2cccc(OC)c2)C2CC(C(=O)N3CCCNCC3)N(C(=O)c3ccc(F)cc3)C2)cc1. The van der Waals surface area contributed by atoms with Gasteiger partial charge in [0.25, 0.3) is 11.8 Å². The van der Waals surface area contributed by atoms with Gasteiger partial charge in [0, 0.05) is 43.9 Å². The molecule has 3 aromatic rings. The van der Waals surface area contributed by atoms with E-state index < -0.39 is 17.9 Å². The lowest BCUT2D eigenvalue weighted by Crippen LogP contribution is -2.48. The molecule has 0 bridgehead atoms. The van der Waals surface area contributed by atoms with Gasteiger partial charge in [0.2, 0.25) is 5.91 Å². The maximum absolute atomic E-state index is 14.1. The monoisotopic (exact) mass is 588 g/mol. The van der Waals surface area contributed by atoms with Crippen LogP contribution in [-0.4, -0.2) is 91.4 Å². The molecule has 3 aromatic carbocycles. The van der Waals surface area contributed by atoms with Gasteiger partial charge in [0.05, 0.1) is 20.3 Å². The molecule has 0 aliphatic carbocycles. The van der Waals surface area contributed by atoms with E-state index in [-0.39, 0.29) is 37.2 Å². The number of methoxy groups -OCH3 is 2. The van der Waals surface area contributed by atoms with Crippen LogP contribution in [0.5, 0.6) is 11.5 Å². The van der Waals surface area contributed by atoms with Crippen molar-refractivity contribution >= 4 is 17.7 Å². The van der Waals surface area contributed by atoms with Gasteiger partial charge >= 0.3 is 0 Å². The number of ether oxygens (including phenoxy) is 2. The molecule has 0 saturated carbocycles. The summed E-state index contributed by atoms with van der Waals surface area (Å²) in [4.78, 5) is 47.0. The van der Waals surface area contributed by atoms with E-state index in [1.165, 1.54) is 24.3 Å². The molecule has 9 nitrogen and oxygen atoms in total. The highest BCUT2D eigenvalue weighted by Gasteiger charge is 2.44. The van der Waals surface area contributed by atoms with Crippen LogP contribution in [0.2, 0.25) is 0 Å². The average Bonchev–Trinajstić information content (AvgIpc) is 3.30. The smallest absolute Gasteiger partial charge is 0.254 e. The molecule has 2 unspecified atom stereocenters. The third-order valence-corrected chi connectivity index (χ3v) is 8.09. The highest BCUT2D eigenvalue weighted by molar-refractivity contribution is 5.99. The highest BCUT2D eigenvalue weighted by atomic mass is 19.1. The van der Waals surface area contributed by atoms with Crippen molar-refractivity contribution in [1.29, 1.82) is 0 Å². The van der Waals surface area contributed by atoms with Gasteiger partial charge in [-0.1, -0.05) is 12.1 Å². The van der Waals surface area contributed by atoms with Crippen molar-refractivity contribution in [3.63, 3.8) is 0 Å². The van der Waals surface area contributed by atoms with Crippen LogP contribution in [0.25, 0.3) is 0 Å². The van der Waals surface area contributed by atoms with Crippen molar-refractivity contribution in [2.45, 2.75) is 31.5 Å². The standard InChI is InChI=1S/C33H37FN4O5/c1-42-28-13-9-25(10-14-28)31(39)37(21-23-5-3-6-29(19-23)43-2)27-20-30(33(41)36-17-4-15-35-16-18-36)38(22-27)32(40)24-7-11-26(34)12-8-24/h3,5-14,19,27,30,35H,4,15-18,20-22H2,1-2H3. The van der Waals surface area contributed by atoms with Gasteiger partial charge in [-0.25, -0.2) is 4.39 Å². The Morgan fingerprint density at radius 2 is 1.63 bits per heavy atom. The maximum Gasteiger partial charge on any atom is 0.254 e. The van der Waals surface area contributed by atoms with Crippen LogP contribution in [0, 0.1) is 5.82 Å². The first-order chi connectivity index (χ1) is 20.9. The molecule has 226 valence electrons. The summed E-state index contributed by atoms with van der Waals surface area (Å²) in [5.41, 5.74) is 1.61. The quantitative estimate of drug-likeness (QED) is 0.433. The van der Waals surface area contributed by atoms with Crippen LogP contribution in [0.4, 0.5) is 4.39 Å². The molecule has 43 heavy (non-hydrogen) atoms. The lowest BCUT2D eigenvalue weighted by Gasteiger charge is -2.30. The zero-order valence-corrected chi connectivity index (χ0v) is 24.5. The van der Waals surface area contributed by atoms with Gasteiger partial charge in [-0.2, -0.15) is 0 Å². The first-order valence-electron chi connectivity index (χ1n) is 14.5. The van der Waals surface area contributed by atoms with Gasteiger partial charge in [-0.15, -0.1) is 0 Å². The minimum absolute atomic E-state index is 0.139. The fourth-order valence-corrected chi connectivity index (χ4v) is 5.77. The molecule has 2 atom stereocenters. The normalized spacial score (nSPS) is 18.6. The first-order valence-corrected chi connectivity index (χ1v) is 14.5. The van der Waals surface area contributed by atoms with Crippen molar-refractivity contribution in [2.24, 2.45) is 0 Å². The molecule has 2 fully saturated rings. The summed E-state index contributed by atoms with van der Waals surface area (Å²) >= 11 is 0. The number of amides is 3. The van der Waals surface area contributed by atoms with Crippen molar-refractivity contribution in [3.05, 3.63) is 95.3 Å². The van der Waals surface area contributed by atoms with E-state index in [0.29, 0.717) is 42.3 Å². The Morgan fingerprint density at radius 1 is 0.907 bits per heavy atom. The number of carbonyl (C=O) groups is 3. The van der Waals surface area contributed by atoms with Crippen LogP contribution in [0.3, 0.4) is 0 Å². The second-order valence-corrected chi connectivity index (χ2v) is 10.8. The number of benzene rings is 3. The van der Waals surface area contributed by atoms with Crippen LogP contribution < -0.4 is 14.8 Å². The zero-order chi connectivity index (χ0) is 30.3. The fourth-order valence-electron chi connectivity index (χ4n) is 5.77. The van der Waals surface area contributed by atoms with E-state index in [1.54, 1.807) is 53.2 Å². The molecule has 3 amide bonds. The Labute approximate surface area is 251 Å². The lowest BCUT2D eigenvalue weighted by molar-refractivity contribution is -0.135. The molecule has 0 radical (unpaired) electrons. The van der Waals surface area contributed by atoms with Crippen molar-refractivity contribution < 1.29 is 28.2 Å². The summed E-state index contributed by atoms with van der Waals surface area (Å²) in [5.74, 6) is 0.112. The Kier molecular flexibility index (Phi) is 9.56. The Hall–Kier alpha value is -4.44. The maximum atomic E-state index is 14.1. The number of rotatable bonds is 8. The number of halogens is 1. The van der Waals surface area contributed by atoms with Gasteiger partial charge in [-0.05, 0) is 85.6 Å². The van der Waals surface area contributed by atoms with E-state index >= 15 is 0 Å². The zero-order valence-electron chi connectivity index (χ0n) is 24.5. The van der Waals surface area contributed by atoms with Crippen molar-refractivity contribution in [2.75, 3.05) is 46.9 Å². The number of nitrogens with one attached hydrogen (secondary N) is 1.